The van der Waals surface area contributed by atoms with E-state index >= 15 is 0 Å². The second-order valence-corrected chi connectivity index (χ2v) is 4.54. The minimum Gasteiger partial charge on any atom is -0.331 e. The molecule has 1 rings (SSSR count). The van der Waals surface area contributed by atoms with Gasteiger partial charge in [0.05, 0.1) is 17.3 Å². The SMILES string of the molecule is C=C(C)CN(CC)C(=O)C(=O)Nc1ccc(C#N)cc1F. The van der Waals surface area contributed by atoms with Gasteiger partial charge in [-0.3, -0.25) is 9.59 Å². The van der Waals surface area contributed by atoms with Crippen molar-refractivity contribution in [3.8, 4) is 6.07 Å². The summed E-state index contributed by atoms with van der Waals surface area (Å²) in [5.41, 5.74) is 0.732. The topological polar surface area (TPSA) is 73.2 Å². The summed E-state index contributed by atoms with van der Waals surface area (Å²) < 4.78 is 13.6. The molecule has 0 aliphatic heterocycles. The van der Waals surface area contributed by atoms with E-state index < -0.39 is 17.6 Å². The molecule has 2 amide bonds. The molecule has 1 N–H and O–H groups in total. The Morgan fingerprint density at radius 3 is 2.62 bits per heavy atom. The molecule has 110 valence electrons. The lowest BCUT2D eigenvalue weighted by Gasteiger charge is -2.20. The van der Waals surface area contributed by atoms with Crippen LogP contribution in [0.25, 0.3) is 0 Å². The Kier molecular flexibility index (Phi) is 5.61. The van der Waals surface area contributed by atoms with E-state index in [1.807, 2.05) is 0 Å². The number of hydrogen-bond donors (Lipinski definition) is 1. The highest BCUT2D eigenvalue weighted by atomic mass is 19.1. The molecule has 21 heavy (non-hydrogen) atoms. The van der Waals surface area contributed by atoms with E-state index in [1.54, 1.807) is 19.9 Å². The van der Waals surface area contributed by atoms with Crippen LogP contribution in [-0.4, -0.2) is 29.8 Å². The van der Waals surface area contributed by atoms with Gasteiger partial charge in [-0.15, -0.1) is 0 Å². The lowest BCUT2D eigenvalue weighted by Crippen LogP contribution is -2.40. The van der Waals surface area contributed by atoms with Gasteiger partial charge in [0, 0.05) is 13.1 Å². The Morgan fingerprint density at radius 1 is 1.48 bits per heavy atom. The predicted molar refractivity (Wildman–Crippen MR) is 76.8 cm³/mol. The van der Waals surface area contributed by atoms with Crippen molar-refractivity contribution in [1.29, 1.82) is 5.26 Å². The van der Waals surface area contributed by atoms with Gasteiger partial charge in [-0.2, -0.15) is 5.26 Å². The largest absolute Gasteiger partial charge is 0.331 e. The lowest BCUT2D eigenvalue weighted by atomic mass is 10.2. The van der Waals surface area contributed by atoms with Crippen LogP contribution < -0.4 is 5.32 Å². The number of benzene rings is 1. The molecule has 1 aromatic rings. The summed E-state index contributed by atoms with van der Waals surface area (Å²) in [5, 5.41) is 10.8. The monoisotopic (exact) mass is 289 g/mol. The molecule has 0 spiro atoms. The Hall–Kier alpha value is -2.68. The Bertz CT molecular complexity index is 620. The average molecular weight is 289 g/mol. The van der Waals surface area contributed by atoms with Crippen LogP contribution in [0.3, 0.4) is 0 Å². The maximum absolute atomic E-state index is 13.6. The first-order valence-corrected chi connectivity index (χ1v) is 6.33. The molecule has 0 unspecified atom stereocenters. The number of amides is 2. The quantitative estimate of drug-likeness (QED) is 0.681. The predicted octanol–water partition coefficient (Wildman–Crippen LogP) is 2.06. The summed E-state index contributed by atoms with van der Waals surface area (Å²) in [6, 6.07) is 5.37. The molecule has 5 nitrogen and oxygen atoms in total. The van der Waals surface area contributed by atoms with E-state index in [0.717, 1.165) is 11.6 Å². The number of nitrogens with zero attached hydrogens (tertiary/aromatic N) is 2. The number of carbonyl (C=O) groups is 2. The van der Waals surface area contributed by atoms with E-state index in [0.29, 0.717) is 6.54 Å². The van der Waals surface area contributed by atoms with Crippen LogP contribution in [0.4, 0.5) is 10.1 Å². The lowest BCUT2D eigenvalue weighted by molar-refractivity contribution is -0.142. The maximum Gasteiger partial charge on any atom is 0.313 e. The van der Waals surface area contributed by atoms with Crippen LogP contribution in [0.15, 0.2) is 30.4 Å². The minimum absolute atomic E-state index is 0.134. The average Bonchev–Trinajstić information content (AvgIpc) is 2.45. The normalized spacial score (nSPS) is 9.62. The Labute approximate surface area is 122 Å². The minimum atomic E-state index is -0.929. The highest BCUT2D eigenvalue weighted by molar-refractivity contribution is 6.39. The number of rotatable bonds is 4. The first kappa shape index (κ1) is 16.4. The molecule has 0 aliphatic carbocycles. The number of halogens is 1. The first-order chi connectivity index (χ1) is 9.88. The summed E-state index contributed by atoms with van der Waals surface area (Å²) in [7, 11) is 0. The molecule has 0 atom stereocenters. The van der Waals surface area contributed by atoms with E-state index in [1.165, 1.54) is 17.0 Å². The fourth-order valence-corrected chi connectivity index (χ4v) is 1.66. The van der Waals surface area contributed by atoms with Crippen molar-refractivity contribution in [3.05, 3.63) is 41.7 Å². The van der Waals surface area contributed by atoms with Gasteiger partial charge < -0.3 is 10.2 Å². The fraction of sp³-hybridized carbons (Fsp3) is 0.267. The van der Waals surface area contributed by atoms with Crippen LogP contribution in [-0.2, 0) is 9.59 Å². The summed E-state index contributed by atoms with van der Waals surface area (Å²) in [6.45, 7) is 7.77. The molecule has 0 saturated heterocycles. The standard InChI is InChI=1S/C15H16FN3O2/c1-4-19(9-10(2)3)15(21)14(20)18-13-6-5-11(8-17)7-12(13)16/h5-7H,2,4,9H2,1,3H3,(H,18,20). The van der Waals surface area contributed by atoms with E-state index in [-0.39, 0.29) is 17.8 Å². The smallest absolute Gasteiger partial charge is 0.313 e. The van der Waals surface area contributed by atoms with Crippen LogP contribution in [0.5, 0.6) is 0 Å². The van der Waals surface area contributed by atoms with Crippen molar-refractivity contribution < 1.29 is 14.0 Å². The van der Waals surface area contributed by atoms with Crippen molar-refractivity contribution in [2.24, 2.45) is 0 Å². The zero-order valence-corrected chi connectivity index (χ0v) is 11.9. The summed E-state index contributed by atoms with van der Waals surface area (Å²) >= 11 is 0. The van der Waals surface area contributed by atoms with Gasteiger partial charge >= 0.3 is 11.8 Å². The van der Waals surface area contributed by atoms with Crippen molar-refractivity contribution in [2.75, 3.05) is 18.4 Å². The van der Waals surface area contributed by atoms with Crippen molar-refractivity contribution in [2.45, 2.75) is 13.8 Å². The van der Waals surface area contributed by atoms with Crippen LogP contribution >= 0.6 is 0 Å². The number of nitriles is 1. The molecule has 0 saturated carbocycles. The molecule has 0 aliphatic rings. The third kappa shape index (κ3) is 4.42. The van der Waals surface area contributed by atoms with Crippen molar-refractivity contribution >= 4 is 17.5 Å². The molecular weight excluding hydrogens is 273 g/mol. The number of likely N-dealkylation sites (N-methyl/N-ethyl adjacent to an activating group) is 1. The Balaban J connectivity index is 2.83. The van der Waals surface area contributed by atoms with E-state index in [2.05, 4.69) is 11.9 Å². The van der Waals surface area contributed by atoms with Gasteiger partial charge in [0.1, 0.15) is 5.82 Å². The van der Waals surface area contributed by atoms with Gasteiger partial charge in [-0.1, -0.05) is 12.2 Å². The number of anilines is 1. The molecule has 0 aromatic heterocycles. The number of hydrogen-bond acceptors (Lipinski definition) is 3. The molecule has 1 aromatic carbocycles. The zero-order chi connectivity index (χ0) is 16.0. The first-order valence-electron chi connectivity index (χ1n) is 6.33. The second-order valence-electron chi connectivity index (χ2n) is 4.54. The van der Waals surface area contributed by atoms with Crippen molar-refractivity contribution in [1.82, 2.24) is 4.90 Å². The molecule has 0 bridgehead atoms. The van der Waals surface area contributed by atoms with E-state index in [4.69, 9.17) is 5.26 Å². The van der Waals surface area contributed by atoms with Gasteiger partial charge in [0.2, 0.25) is 0 Å². The van der Waals surface area contributed by atoms with Gasteiger partial charge in [-0.25, -0.2) is 4.39 Å². The molecular formula is C15H16FN3O2. The highest BCUT2D eigenvalue weighted by Crippen LogP contribution is 2.15. The molecule has 6 heteroatoms. The van der Waals surface area contributed by atoms with Gasteiger partial charge in [0.15, 0.2) is 0 Å². The number of nitrogens with one attached hydrogen (secondary N) is 1. The molecule has 0 radical (unpaired) electrons. The molecule has 0 fully saturated rings. The van der Waals surface area contributed by atoms with Gasteiger partial charge in [0.25, 0.3) is 0 Å². The third-order valence-corrected chi connectivity index (χ3v) is 2.67. The molecule has 0 heterocycles. The van der Waals surface area contributed by atoms with Crippen LogP contribution in [0.1, 0.15) is 19.4 Å². The van der Waals surface area contributed by atoms with E-state index in [9.17, 15) is 14.0 Å². The van der Waals surface area contributed by atoms with Crippen LogP contribution in [0, 0.1) is 17.1 Å². The Morgan fingerprint density at radius 2 is 2.14 bits per heavy atom. The maximum atomic E-state index is 13.6. The summed E-state index contributed by atoms with van der Waals surface area (Å²) in [5.74, 6) is -2.45. The summed E-state index contributed by atoms with van der Waals surface area (Å²) in [4.78, 5) is 25.1. The van der Waals surface area contributed by atoms with Crippen molar-refractivity contribution in [3.63, 3.8) is 0 Å². The zero-order valence-electron chi connectivity index (χ0n) is 11.9. The van der Waals surface area contributed by atoms with Gasteiger partial charge in [-0.05, 0) is 32.0 Å². The van der Waals surface area contributed by atoms with Crippen LogP contribution in [0.2, 0.25) is 0 Å². The second kappa shape index (κ2) is 7.20. The summed E-state index contributed by atoms with van der Waals surface area (Å²) in [6.07, 6.45) is 0. The highest BCUT2D eigenvalue weighted by Gasteiger charge is 2.21. The number of carbonyl (C=O) groups excluding carboxylic acids is 2. The third-order valence-electron chi connectivity index (χ3n) is 2.67. The fourth-order valence-electron chi connectivity index (χ4n) is 1.66.